The lowest BCUT2D eigenvalue weighted by Gasteiger charge is -2.29. The Kier molecular flexibility index (Phi) is 6.56. The van der Waals surface area contributed by atoms with Gasteiger partial charge in [-0.1, -0.05) is 0 Å². The van der Waals surface area contributed by atoms with Crippen molar-refractivity contribution in [1.82, 2.24) is 15.1 Å². The van der Waals surface area contributed by atoms with Gasteiger partial charge in [0.15, 0.2) is 0 Å². The molecule has 5 amide bonds. The molecule has 7 N–H and O–H groups in total. The maximum atomic E-state index is 12.8. The van der Waals surface area contributed by atoms with Gasteiger partial charge in [0.1, 0.15) is 18.1 Å². The Morgan fingerprint density at radius 3 is 2.04 bits per heavy atom. The van der Waals surface area contributed by atoms with Gasteiger partial charge in [0.25, 0.3) is 0 Å². The third-order valence-corrected chi connectivity index (χ3v) is 4.90. The molecule has 0 aliphatic carbocycles. The first kappa shape index (κ1) is 21.6. The molecule has 0 aromatic heterocycles. The first-order valence-electron chi connectivity index (χ1n) is 8.83. The molecule has 2 rings (SSSR count). The number of rotatable bonds is 6. The molecule has 0 spiro atoms. The van der Waals surface area contributed by atoms with Crippen LogP contribution in [0.4, 0.5) is 0 Å². The van der Waals surface area contributed by atoms with E-state index in [1.54, 1.807) is 0 Å². The number of nitrogens with two attached hydrogens (primary N) is 2. The second-order valence-electron chi connectivity index (χ2n) is 7.11. The summed E-state index contributed by atoms with van der Waals surface area (Å²) in [5.41, 5.74) is 10.4. The van der Waals surface area contributed by atoms with Crippen LogP contribution in [0.5, 0.6) is 0 Å². The third-order valence-electron chi connectivity index (χ3n) is 4.90. The minimum absolute atomic E-state index is 0.0186. The minimum Gasteiger partial charge on any atom is -0.391 e. The van der Waals surface area contributed by atoms with E-state index >= 15 is 0 Å². The van der Waals surface area contributed by atoms with Crippen LogP contribution in [0.2, 0.25) is 0 Å². The summed E-state index contributed by atoms with van der Waals surface area (Å²) >= 11 is 0. The van der Waals surface area contributed by atoms with Gasteiger partial charge in [-0.15, -0.1) is 0 Å². The Bertz CT molecular complexity index is 684. The Labute approximate surface area is 160 Å². The molecule has 2 heterocycles. The van der Waals surface area contributed by atoms with Crippen molar-refractivity contribution in [3.05, 3.63) is 0 Å². The van der Waals surface area contributed by atoms with E-state index in [-0.39, 0.29) is 25.9 Å². The molecule has 28 heavy (non-hydrogen) atoms. The summed E-state index contributed by atoms with van der Waals surface area (Å²) in [4.78, 5) is 62.2. The number of nitrogens with one attached hydrogen (secondary N) is 1. The molecule has 2 saturated heterocycles. The summed E-state index contributed by atoms with van der Waals surface area (Å²) in [5, 5.41) is 21.9. The first-order chi connectivity index (χ1) is 13.0. The topological polar surface area (TPSA) is 196 Å². The number of aliphatic hydroxyl groups is 2. The fourth-order valence-electron chi connectivity index (χ4n) is 3.61. The lowest BCUT2D eigenvalue weighted by Crippen LogP contribution is -2.56. The van der Waals surface area contributed by atoms with Crippen LogP contribution in [0, 0.1) is 0 Å². The summed E-state index contributed by atoms with van der Waals surface area (Å²) in [6.45, 7) is 1.04. The first-order valence-corrected chi connectivity index (χ1v) is 8.83. The summed E-state index contributed by atoms with van der Waals surface area (Å²) in [6.07, 6.45) is -2.47. The van der Waals surface area contributed by atoms with Crippen molar-refractivity contribution in [3.8, 4) is 0 Å². The molecule has 0 aromatic carbocycles. The number of carbonyl (C=O) groups excluding carboxylic acids is 5. The van der Waals surface area contributed by atoms with Crippen molar-refractivity contribution in [1.29, 1.82) is 0 Å². The van der Waals surface area contributed by atoms with Crippen LogP contribution in [0.1, 0.15) is 26.2 Å². The standard InChI is InChI=1S/C16H25N5O7/c1-7(22)20-5-9(24)3-12(20)15(27)19-10(4-13(17)25)16(28)21-6-8(23)2-11(21)14(18)26/h8-12,23-24H,2-6H2,1H3,(H2,17,25)(H2,18,26)(H,19,27)/t8?,9-,10+,11?,12?/m1/s1. The van der Waals surface area contributed by atoms with E-state index < -0.39 is 66.3 Å². The van der Waals surface area contributed by atoms with Gasteiger partial charge in [0, 0.05) is 32.9 Å². The van der Waals surface area contributed by atoms with Crippen molar-refractivity contribution in [2.24, 2.45) is 11.5 Å². The molecule has 0 aromatic rings. The molecule has 2 fully saturated rings. The Balaban J connectivity index is 2.18. The zero-order chi connectivity index (χ0) is 21.2. The molecule has 0 saturated carbocycles. The summed E-state index contributed by atoms with van der Waals surface area (Å²) in [7, 11) is 0. The normalized spacial score (nSPS) is 28.1. The maximum absolute atomic E-state index is 12.8. The lowest BCUT2D eigenvalue weighted by molar-refractivity contribution is -0.143. The van der Waals surface area contributed by atoms with Gasteiger partial charge in [-0.3, -0.25) is 24.0 Å². The van der Waals surface area contributed by atoms with E-state index in [4.69, 9.17) is 11.5 Å². The Hall–Kier alpha value is -2.73. The minimum atomic E-state index is -1.40. The zero-order valence-electron chi connectivity index (χ0n) is 15.4. The highest BCUT2D eigenvalue weighted by Gasteiger charge is 2.43. The van der Waals surface area contributed by atoms with Crippen LogP contribution in [0.25, 0.3) is 0 Å². The largest absolute Gasteiger partial charge is 0.391 e. The highest BCUT2D eigenvalue weighted by molar-refractivity contribution is 5.96. The molecular formula is C16H25N5O7. The quantitative estimate of drug-likeness (QED) is 0.298. The average molecular weight is 399 g/mol. The molecule has 12 heteroatoms. The van der Waals surface area contributed by atoms with Crippen LogP contribution >= 0.6 is 0 Å². The van der Waals surface area contributed by atoms with Crippen LogP contribution in [-0.2, 0) is 24.0 Å². The highest BCUT2D eigenvalue weighted by atomic mass is 16.3. The number of likely N-dealkylation sites (tertiary alicyclic amines) is 2. The van der Waals surface area contributed by atoms with Crippen molar-refractivity contribution in [2.75, 3.05) is 13.1 Å². The zero-order valence-corrected chi connectivity index (χ0v) is 15.4. The summed E-state index contributed by atoms with van der Waals surface area (Å²) in [6, 6.07) is -3.48. The van der Waals surface area contributed by atoms with Crippen LogP contribution < -0.4 is 16.8 Å². The number of β-amino-alcohol motifs (C(OH)–C–C–N with tert-alkyl or cyclic N) is 2. The van der Waals surface area contributed by atoms with Crippen molar-refractivity contribution in [2.45, 2.75) is 56.5 Å². The molecular weight excluding hydrogens is 374 g/mol. The maximum Gasteiger partial charge on any atom is 0.246 e. The van der Waals surface area contributed by atoms with Gasteiger partial charge < -0.3 is 36.8 Å². The average Bonchev–Trinajstić information content (AvgIpc) is 3.16. The van der Waals surface area contributed by atoms with Gasteiger partial charge in [-0.25, -0.2) is 0 Å². The molecule has 2 aliphatic heterocycles. The fourth-order valence-corrected chi connectivity index (χ4v) is 3.61. The van der Waals surface area contributed by atoms with E-state index in [0.29, 0.717) is 0 Å². The predicted molar refractivity (Wildman–Crippen MR) is 92.9 cm³/mol. The van der Waals surface area contributed by atoms with Crippen molar-refractivity contribution in [3.63, 3.8) is 0 Å². The smallest absolute Gasteiger partial charge is 0.246 e. The van der Waals surface area contributed by atoms with Gasteiger partial charge >= 0.3 is 0 Å². The molecule has 0 radical (unpaired) electrons. The monoisotopic (exact) mass is 399 g/mol. The highest BCUT2D eigenvalue weighted by Crippen LogP contribution is 2.21. The Morgan fingerprint density at radius 2 is 1.54 bits per heavy atom. The van der Waals surface area contributed by atoms with Gasteiger partial charge in [0.2, 0.25) is 29.5 Å². The van der Waals surface area contributed by atoms with Gasteiger partial charge in [0.05, 0.1) is 18.6 Å². The second kappa shape index (κ2) is 8.52. The van der Waals surface area contributed by atoms with E-state index in [9.17, 15) is 34.2 Å². The van der Waals surface area contributed by atoms with Crippen LogP contribution in [0.15, 0.2) is 0 Å². The number of amides is 5. The number of aliphatic hydroxyl groups excluding tert-OH is 2. The van der Waals surface area contributed by atoms with E-state index in [2.05, 4.69) is 5.32 Å². The predicted octanol–water partition coefficient (Wildman–Crippen LogP) is -4.22. The van der Waals surface area contributed by atoms with Gasteiger partial charge in [-0.05, 0) is 0 Å². The van der Waals surface area contributed by atoms with Crippen molar-refractivity contribution < 1.29 is 34.2 Å². The van der Waals surface area contributed by atoms with Crippen LogP contribution in [0.3, 0.4) is 0 Å². The lowest BCUT2D eigenvalue weighted by atomic mass is 10.1. The molecule has 12 nitrogen and oxygen atoms in total. The van der Waals surface area contributed by atoms with E-state index in [0.717, 1.165) is 9.80 Å². The van der Waals surface area contributed by atoms with E-state index in [1.165, 1.54) is 6.92 Å². The molecule has 2 aliphatic rings. The SMILES string of the molecule is CC(=O)N1C[C@H](O)CC1C(=O)N[C@@H](CC(N)=O)C(=O)N1CC(O)CC1C(N)=O. The van der Waals surface area contributed by atoms with Crippen LogP contribution in [-0.4, -0.2) is 93.0 Å². The second-order valence-corrected chi connectivity index (χ2v) is 7.11. The molecule has 0 bridgehead atoms. The number of primary amides is 2. The summed E-state index contributed by atoms with van der Waals surface area (Å²) in [5.74, 6) is -3.65. The third kappa shape index (κ3) is 4.75. The number of hydrogen-bond donors (Lipinski definition) is 5. The summed E-state index contributed by atoms with van der Waals surface area (Å²) < 4.78 is 0. The molecule has 3 unspecified atom stereocenters. The van der Waals surface area contributed by atoms with Gasteiger partial charge in [-0.2, -0.15) is 0 Å². The molecule has 5 atom stereocenters. The fraction of sp³-hybridized carbons (Fsp3) is 0.688. The number of hydrogen-bond acceptors (Lipinski definition) is 7. The Morgan fingerprint density at radius 1 is 1.00 bits per heavy atom. The van der Waals surface area contributed by atoms with E-state index in [1.807, 2.05) is 0 Å². The number of carbonyl (C=O) groups is 5. The number of nitrogens with zero attached hydrogens (tertiary/aromatic N) is 2. The van der Waals surface area contributed by atoms with Crippen molar-refractivity contribution >= 4 is 29.5 Å². The molecule has 156 valence electrons.